The molecule has 0 radical (unpaired) electrons. The van der Waals surface area contributed by atoms with Crippen LogP contribution in [0.2, 0.25) is 0 Å². The fourth-order valence-electron chi connectivity index (χ4n) is 1.43. The number of hydrogen-bond acceptors (Lipinski definition) is 5. The zero-order valence-electron chi connectivity index (χ0n) is 9.25. The van der Waals surface area contributed by atoms with Gasteiger partial charge in [-0.1, -0.05) is 0 Å². The minimum Gasteiger partial charge on any atom is -0.481 e. The van der Waals surface area contributed by atoms with Gasteiger partial charge in [0.15, 0.2) is 0 Å². The molecule has 8 nitrogen and oxygen atoms in total. The molecule has 0 aromatic carbocycles. The van der Waals surface area contributed by atoms with Crippen molar-refractivity contribution in [1.82, 2.24) is 9.03 Å². The number of carboxylic acid groups (broad SMARTS) is 1. The quantitative estimate of drug-likeness (QED) is 0.686. The number of aliphatic carboxylic acids is 1. The molecule has 0 aromatic rings. The molecule has 0 bridgehead atoms. The third-order valence-electron chi connectivity index (χ3n) is 2.21. The number of carbonyl (C=O) groups excluding carboxylic acids is 1. The second-order valence-electron chi connectivity index (χ2n) is 3.61. The number of carbonyl (C=O) groups is 2. The maximum atomic E-state index is 11.5. The predicted octanol–water partition coefficient (Wildman–Crippen LogP) is -0.616. The normalized spacial score (nSPS) is 17.2. The molecule has 9 heteroatoms. The van der Waals surface area contributed by atoms with Crippen LogP contribution in [0.1, 0.15) is 13.3 Å². The Kier molecular flexibility index (Phi) is 4.29. The van der Waals surface area contributed by atoms with E-state index in [1.54, 1.807) is 11.6 Å². The van der Waals surface area contributed by atoms with E-state index in [1.807, 2.05) is 0 Å². The van der Waals surface area contributed by atoms with Gasteiger partial charge < -0.3 is 9.84 Å². The number of rotatable bonds is 5. The minimum atomic E-state index is -3.90. The fourth-order valence-corrected chi connectivity index (χ4v) is 2.64. The van der Waals surface area contributed by atoms with E-state index >= 15 is 0 Å². The molecule has 0 aliphatic carbocycles. The van der Waals surface area contributed by atoms with Crippen LogP contribution in [0.15, 0.2) is 0 Å². The summed E-state index contributed by atoms with van der Waals surface area (Å²) in [5.41, 5.74) is 0. The van der Waals surface area contributed by atoms with Gasteiger partial charge in [0.2, 0.25) is 0 Å². The summed E-state index contributed by atoms with van der Waals surface area (Å²) in [5, 5.41) is 8.50. The zero-order valence-corrected chi connectivity index (χ0v) is 10.1. The molecule has 0 saturated carbocycles. The average molecular weight is 266 g/mol. The number of ether oxygens (including phenoxy) is 1. The first-order chi connectivity index (χ1) is 7.85. The van der Waals surface area contributed by atoms with Crippen LogP contribution in [0.5, 0.6) is 0 Å². The maximum absolute atomic E-state index is 11.5. The summed E-state index contributed by atoms with van der Waals surface area (Å²) in [5.74, 6) is -1.17. The van der Waals surface area contributed by atoms with E-state index in [0.717, 1.165) is 4.31 Å². The van der Waals surface area contributed by atoms with Crippen LogP contribution in [0.4, 0.5) is 4.79 Å². The molecular formula is C8H14N2O6S. The van der Waals surface area contributed by atoms with Gasteiger partial charge in [0.05, 0.1) is 13.0 Å². The van der Waals surface area contributed by atoms with Crippen LogP contribution in [-0.4, -0.2) is 49.6 Å². The van der Waals surface area contributed by atoms with Crippen molar-refractivity contribution in [2.24, 2.45) is 5.92 Å². The first-order valence-corrected chi connectivity index (χ1v) is 6.45. The molecule has 0 spiro atoms. The van der Waals surface area contributed by atoms with Crippen LogP contribution < -0.4 is 4.72 Å². The van der Waals surface area contributed by atoms with E-state index in [4.69, 9.17) is 5.11 Å². The molecule has 98 valence electrons. The lowest BCUT2D eigenvalue weighted by molar-refractivity contribution is -0.139. The Morgan fingerprint density at radius 1 is 1.47 bits per heavy atom. The topological polar surface area (TPSA) is 113 Å². The first-order valence-electron chi connectivity index (χ1n) is 5.01. The third kappa shape index (κ3) is 3.86. The van der Waals surface area contributed by atoms with Gasteiger partial charge in [-0.3, -0.25) is 4.79 Å². The Morgan fingerprint density at radius 2 is 2.06 bits per heavy atom. The van der Waals surface area contributed by atoms with Gasteiger partial charge in [-0.25, -0.2) is 9.52 Å². The second-order valence-corrected chi connectivity index (χ2v) is 5.28. The first kappa shape index (κ1) is 13.7. The smallest absolute Gasteiger partial charge is 0.421 e. The van der Waals surface area contributed by atoms with Crippen molar-refractivity contribution < 1.29 is 27.9 Å². The van der Waals surface area contributed by atoms with Crippen molar-refractivity contribution >= 4 is 22.3 Å². The van der Waals surface area contributed by atoms with Crippen molar-refractivity contribution in [3.05, 3.63) is 0 Å². The van der Waals surface area contributed by atoms with Gasteiger partial charge in [-0.2, -0.15) is 12.7 Å². The van der Waals surface area contributed by atoms with E-state index in [-0.39, 0.29) is 32.0 Å². The van der Waals surface area contributed by atoms with Gasteiger partial charge >= 0.3 is 22.3 Å². The monoisotopic (exact) mass is 266 g/mol. The molecule has 1 fully saturated rings. The number of carboxylic acids is 1. The highest BCUT2D eigenvalue weighted by Gasteiger charge is 2.37. The lowest BCUT2D eigenvalue weighted by Crippen LogP contribution is -2.55. The molecule has 0 atom stereocenters. The van der Waals surface area contributed by atoms with E-state index in [0.29, 0.717) is 0 Å². The minimum absolute atomic E-state index is 0.0724. The maximum Gasteiger partial charge on any atom is 0.421 e. The number of nitrogens with zero attached hydrogens (tertiary/aromatic N) is 1. The van der Waals surface area contributed by atoms with E-state index in [2.05, 4.69) is 4.74 Å². The number of amides is 1. The molecule has 1 amide bonds. The van der Waals surface area contributed by atoms with E-state index in [9.17, 15) is 18.0 Å². The van der Waals surface area contributed by atoms with Crippen LogP contribution >= 0.6 is 0 Å². The Labute approximate surface area is 98.7 Å². The summed E-state index contributed by atoms with van der Waals surface area (Å²) in [6.07, 6.45) is -1.11. The molecule has 0 aromatic heterocycles. The third-order valence-corrected chi connectivity index (χ3v) is 3.62. The summed E-state index contributed by atoms with van der Waals surface area (Å²) < 4.78 is 30.1. The highest BCUT2D eigenvalue weighted by Crippen LogP contribution is 2.21. The van der Waals surface area contributed by atoms with E-state index < -0.39 is 22.3 Å². The Bertz CT molecular complexity index is 400. The van der Waals surface area contributed by atoms with Crippen LogP contribution in [0, 0.1) is 5.92 Å². The average Bonchev–Trinajstić information content (AvgIpc) is 2.09. The van der Waals surface area contributed by atoms with Crippen molar-refractivity contribution in [2.45, 2.75) is 13.3 Å². The Balaban J connectivity index is 2.42. The van der Waals surface area contributed by atoms with Crippen molar-refractivity contribution in [3.63, 3.8) is 0 Å². The van der Waals surface area contributed by atoms with Crippen molar-refractivity contribution in [3.8, 4) is 0 Å². The number of hydrogen-bond donors (Lipinski definition) is 2. The van der Waals surface area contributed by atoms with E-state index in [1.165, 1.54) is 0 Å². The summed E-state index contributed by atoms with van der Waals surface area (Å²) >= 11 is 0. The lowest BCUT2D eigenvalue weighted by Gasteiger charge is -2.36. The Morgan fingerprint density at radius 3 is 2.53 bits per heavy atom. The highest BCUT2D eigenvalue weighted by atomic mass is 32.2. The van der Waals surface area contributed by atoms with Gasteiger partial charge in [0.25, 0.3) is 0 Å². The molecular weight excluding hydrogens is 252 g/mol. The van der Waals surface area contributed by atoms with Crippen LogP contribution in [0.25, 0.3) is 0 Å². The zero-order chi connectivity index (χ0) is 13.1. The fraction of sp³-hybridized carbons (Fsp3) is 0.750. The molecule has 1 heterocycles. The van der Waals surface area contributed by atoms with Gasteiger partial charge in [0, 0.05) is 13.1 Å². The SMILES string of the molecule is CCOC(=O)NS(=O)(=O)N1CC(CC(=O)O)C1. The molecule has 2 N–H and O–H groups in total. The van der Waals surface area contributed by atoms with Crippen molar-refractivity contribution in [1.29, 1.82) is 0 Å². The molecule has 17 heavy (non-hydrogen) atoms. The molecule has 1 saturated heterocycles. The summed E-state index contributed by atoms with van der Waals surface area (Å²) in [7, 11) is -3.90. The van der Waals surface area contributed by atoms with Gasteiger partial charge in [0.1, 0.15) is 0 Å². The van der Waals surface area contributed by atoms with Gasteiger partial charge in [-0.05, 0) is 12.8 Å². The summed E-state index contributed by atoms with van der Waals surface area (Å²) in [4.78, 5) is 21.3. The van der Waals surface area contributed by atoms with Crippen molar-refractivity contribution in [2.75, 3.05) is 19.7 Å². The highest BCUT2D eigenvalue weighted by molar-refractivity contribution is 7.87. The molecule has 0 unspecified atom stereocenters. The van der Waals surface area contributed by atoms with Gasteiger partial charge in [-0.15, -0.1) is 0 Å². The summed E-state index contributed by atoms with van der Waals surface area (Å²) in [6, 6.07) is 0. The second kappa shape index (κ2) is 5.32. The van der Waals surface area contributed by atoms with Crippen LogP contribution in [-0.2, 0) is 19.7 Å². The standard InChI is InChI=1S/C8H14N2O6S/c1-2-16-8(13)9-17(14,15)10-4-6(5-10)3-7(11)12/h6H,2-5H2,1H3,(H,9,13)(H,11,12). The molecule has 1 aliphatic heterocycles. The predicted molar refractivity (Wildman–Crippen MR) is 56.4 cm³/mol. The largest absolute Gasteiger partial charge is 0.481 e. The molecule has 1 rings (SSSR count). The Hall–Kier alpha value is -1.35. The van der Waals surface area contributed by atoms with Crippen LogP contribution in [0.3, 0.4) is 0 Å². The number of nitrogens with one attached hydrogen (secondary N) is 1. The molecule has 1 aliphatic rings. The summed E-state index contributed by atoms with van der Waals surface area (Å²) in [6.45, 7) is 1.82. The lowest BCUT2D eigenvalue weighted by atomic mass is 10.00.